The Balaban J connectivity index is 1.80. The number of hydrogen-bond donors (Lipinski definition) is 0. The van der Waals surface area contributed by atoms with Crippen molar-refractivity contribution in [3.63, 3.8) is 0 Å². The van der Waals surface area contributed by atoms with Crippen molar-refractivity contribution in [2.45, 2.75) is 50.8 Å². The van der Waals surface area contributed by atoms with Gasteiger partial charge in [0.2, 0.25) is 10.0 Å². The van der Waals surface area contributed by atoms with Crippen molar-refractivity contribution in [2.75, 3.05) is 13.2 Å². The maximum Gasteiger partial charge on any atom is 0.217 e. The van der Waals surface area contributed by atoms with Crippen molar-refractivity contribution in [3.8, 4) is 5.75 Å². The zero-order valence-electron chi connectivity index (χ0n) is 13.7. The number of hydrogen-bond acceptors (Lipinski definition) is 3. The van der Waals surface area contributed by atoms with E-state index in [1.807, 2.05) is 6.92 Å². The number of sulfonamides is 1. The summed E-state index contributed by atoms with van der Waals surface area (Å²) in [5.41, 5.74) is 0.773. The Morgan fingerprint density at radius 1 is 1.35 bits per heavy atom. The van der Waals surface area contributed by atoms with Gasteiger partial charge in [0.25, 0.3) is 0 Å². The second-order valence-electron chi connectivity index (χ2n) is 6.73. The second-order valence-corrected chi connectivity index (χ2v) is 9.03. The predicted molar refractivity (Wildman–Crippen MR) is 87.4 cm³/mol. The lowest BCUT2D eigenvalue weighted by Crippen LogP contribution is -2.43. The highest BCUT2D eigenvalue weighted by Gasteiger charge is 2.36. The molecule has 0 radical (unpaired) electrons. The topological polar surface area (TPSA) is 46.6 Å². The van der Waals surface area contributed by atoms with Gasteiger partial charge in [-0.25, -0.2) is 12.8 Å². The Kier molecular flexibility index (Phi) is 4.65. The molecule has 1 aliphatic heterocycles. The van der Waals surface area contributed by atoms with E-state index in [9.17, 15) is 12.8 Å². The Hall–Kier alpha value is -1.14. The minimum absolute atomic E-state index is 0.226. The van der Waals surface area contributed by atoms with E-state index < -0.39 is 15.8 Å². The van der Waals surface area contributed by atoms with Crippen LogP contribution >= 0.6 is 0 Å². The first kappa shape index (κ1) is 16.7. The second kappa shape index (κ2) is 6.40. The van der Waals surface area contributed by atoms with Gasteiger partial charge in [-0.1, -0.05) is 6.07 Å². The molecule has 2 fully saturated rings. The summed E-state index contributed by atoms with van der Waals surface area (Å²) in [6, 6.07) is 4.36. The first-order valence-electron chi connectivity index (χ1n) is 8.32. The molecule has 1 saturated carbocycles. The maximum atomic E-state index is 13.9. The van der Waals surface area contributed by atoms with Crippen molar-refractivity contribution >= 4 is 10.0 Å². The van der Waals surface area contributed by atoms with E-state index in [2.05, 4.69) is 0 Å². The molecule has 0 spiro atoms. The monoisotopic (exact) mass is 341 g/mol. The number of benzene rings is 1. The van der Waals surface area contributed by atoms with Crippen molar-refractivity contribution in [1.29, 1.82) is 0 Å². The summed E-state index contributed by atoms with van der Waals surface area (Å²) in [5.74, 6) is 0.374. The molecule has 0 bridgehead atoms. The Labute approximate surface area is 137 Å². The minimum Gasteiger partial charge on any atom is -0.490 e. The first-order chi connectivity index (χ1) is 10.9. The average Bonchev–Trinajstić information content (AvgIpc) is 3.33. The lowest BCUT2D eigenvalue weighted by molar-refractivity contribution is 0.281. The molecule has 1 aliphatic carbocycles. The molecule has 23 heavy (non-hydrogen) atoms. The fraction of sp³-hybridized carbons (Fsp3) is 0.647. The fourth-order valence-electron chi connectivity index (χ4n) is 3.00. The van der Waals surface area contributed by atoms with Gasteiger partial charge in [-0.3, -0.25) is 0 Å². The highest BCUT2D eigenvalue weighted by molar-refractivity contribution is 7.89. The summed E-state index contributed by atoms with van der Waals surface area (Å²) in [7, 11) is -3.29. The molecular weight excluding hydrogens is 317 g/mol. The lowest BCUT2D eigenvalue weighted by Gasteiger charge is -2.35. The Morgan fingerprint density at radius 3 is 2.78 bits per heavy atom. The summed E-state index contributed by atoms with van der Waals surface area (Å²) in [6.45, 7) is 4.66. The molecule has 1 saturated heterocycles. The highest BCUT2D eigenvalue weighted by atomic mass is 32.2. The van der Waals surface area contributed by atoms with Gasteiger partial charge in [0, 0.05) is 12.6 Å². The first-order valence-corrected chi connectivity index (χ1v) is 9.83. The highest BCUT2D eigenvalue weighted by Crippen LogP contribution is 2.34. The molecule has 2 atom stereocenters. The smallest absolute Gasteiger partial charge is 0.217 e. The zero-order chi connectivity index (χ0) is 16.6. The molecule has 0 amide bonds. The van der Waals surface area contributed by atoms with Crippen LogP contribution in [0.1, 0.15) is 51.1 Å². The van der Waals surface area contributed by atoms with Crippen molar-refractivity contribution in [3.05, 3.63) is 29.6 Å². The molecule has 3 rings (SSSR count). The molecule has 1 aromatic carbocycles. The van der Waals surface area contributed by atoms with E-state index in [1.54, 1.807) is 23.4 Å². The predicted octanol–water partition coefficient (Wildman–Crippen LogP) is 3.49. The maximum absolute atomic E-state index is 13.9. The fourth-order valence-corrected chi connectivity index (χ4v) is 4.88. The zero-order valence-corrected chi connectivity index (χ0v) is 14.5. The van der Waals surface area contributed by atoms with Crippen LogP contribution in [-0.4, -0.2) is 31.1 Å². The van der Waals surface area contributed by atoms with Gasteiger partial charge >= 0.3 is 0 Å². The molecule has 6 heteroatoms. The van der Waals surface area contributed by atoms with Crippen LogP contribution in [0.2, 0.25) is 0 Å². The third kappa shape index (κ3) is 3.53. The van der Waals surface area contributed by atoms with Gasteiger partial charge < -0.3 is 4.74 Å². The molecule has 0 N–H and O–H groups in total. The number of nitrogens with zero attached hydrogens (tertiary/aromatic N) is 1. The van der Waals surface area contributed by atoms with Crippen LogP contribution in [0.4, 0.5) is 4.39 Å². The van der Waals surface area contributed by atoms with Crippen molar-refractivity contribution in [1.82, 2.24) is 4.31 Å². The van der Waals surface area contributed by atoms with Crippen LogP contribution < -0.4 is 4.74 Å². The van der Waals surface area contributed by atoms with E-state index in [-0.39, 0.29) is 17.0 Å². The standard InChI is InChI=1S/C17H24FNO3S/c1-12-4-3-9-19(23(12,20)21)13(2)15-7-8-16(18)17(10-15)22-11-14-5-6-14/h7-8,10,12-14H,3-6,9,11H2,1-2H3/t12?,13-/m1/s1. The van der Waals surface area contributed by atoms with Gasteiger partial charge in [0.05, 0.1) is 11.9 Å². The normalized spacial score (nSPS) is 26.0. The Bertz CT molecular complexity index is 672. The molecule has 1 unspecified atom stereocenters. The van der Waals surface area contributed by atoms with Crippen LogP contribution in [-0.2, 0) is 10.0 Å². The van der Waals surface area contributed by atoms with Gasteiger partial charge in [-0.2, -0.15) is 4.31 Å². The largest absolute Gasteiger partial charge is 0.490 e. The van der Waals surface area contributed by atoms with E-state index in [1.165, 1.54) is 6.07 Å². The summed E-state index contributed by atoms with van der Waals surface area (Å²) in [4.78, 5) is 0. The van der Waals surface area contributed by atoms with Crippen molar-refractivity contribution < 1.29 is 17.5 Å². The van der Waals surface area contributed by atoms with Crippen LogP contribution in [0.15, 0.2) is 18.2 Å². The van der Waals surface area contributed by atoms with Gasteiger partial charge in [0.1, 0.15) is 0 Å². The van der Waals surface area contributed by atoms with Gasteiger partial charge in [-0.05, 0) is 63.1 Å². The third-order valence-corrected chi connectivity index (χ3v) is 7.27. The molecule has 4 nitrogen and oxygen atoms in total. The van der Waals surface area contributed by atoms with Crippen LogP contribution in [0.3, 0.4) is 0 Å². The molecule has 1 aromatic rings. The third-order valence-electron chi connectivity index (χ3n) is 4.87. The van der Waals surface area contributed by atoms with Crippen LogP contribution in [0.5, 0.6) is 5.75 Å². The van der Waals surface area contributed by atoms with Gasteiger partial charge in [-0.15, -0.1) is 0 Å². The Morgan fingerprint density at radius 2 is 2.09 bits per heavy atom. The molecule has 128 valence electrons. The van der Waals surface area contributed by atoms with E-state index in [0.717, 1.165) is 24.8 Å². The molecular formula is C17H24FNO3S. The molecule has 1 heterocycles. The van der Waals surface area contributed by atoms with Crippen LogP contribution in [0, 0.1) is 11.7 Å². The quantitative estimate of drug-likeness (QED) is 0.823. The lowest BCUT2D eigenvalue weighted by atomic mass is 10.1. The van der Waals surface area contributed by atoms with E-state index in [4.69, 9.17) is 4.74 Å². The summed E-state index contributed by atoms with van der Waals surface area (Å²) >= 11 is 0. The average molecular weight is 341 g/mol. The van der Waals surface area contributed by atoms with Crippen LogP contribution in [0.25, 0.3) is 0 Å². The number of rotatable bonds is 5. The van der Waals surface area contributed by atoms with Gasteiger partial charge in [0.15, 0.2) is 11.6 Å². The molecule has 0 aromatic heterocycles. The van der Waals surface area contributed by atoms with Crippen molar-refractivity contribution in [2.24, 2.45) is 5.92 Å². The molecule has 2 aliphatic rings. The number of halogens is 1. The van der Waals surface area contributed by atoms with E-state index >= 15 is 0 Å². The summed E-state index contributed by atoms with van der Waals surface area (Å²) < 4.78 is 46.1. The SMILES string of the molecule is CC1CCCN([C@H](C)c2ccc(F)c(OCC3CC3)c2)S1(=O)=O. The summed E-state index contributed by atoms with van der Waals surface area (Å²) in [5, 5.41) is -0.357. The van der Waals surface area contributed by atoms with E-state index in [0.29, 0.717) is 25.5 Å². The summed E-state index contributed by atoms with van der Waals surface area (Å²) in [6.07, 6.45) is 3.84. The number of ether oxygens (including phenoxy) is 1. The minimum atomic E-state index is -3.29.